The molecule has 36 heavy (non-hydrogen) atoms. The summed E-state index contributed by atoms with van der Waals surface area (Å²) in [6.07, 6.45) is 2.95. The van der Waals surface area contributed by atoms with Gasteiger partial charge in [0.05, 0.1) is 30.9 Å². The highest BCUT2D eigenvalue weighted by atomic mass is 19.3. The second kappa shape index (κ2) is 10.6. The van der Waals surface area contributed by atoms with Crippen molar-refractivity contribution in [3.8, 4) is 0 Å². The average molecular weight is 496 g/mol. The zero-order valence-electron chi connectivity index (χ0n) is 21.4. The number of imidazole rings is 1. The molecule has 0 radical (unpaired) electrons. The van der Waals surface area contributed by atoms with E-state index in [1.807, 2.05) is 30.6 Å². The molecule has 3 aliphatic heterocycles. The van der Waals surface area contributed by atoms with Gasteiger partial charge in [0.1, 0.15) is 17.2 Å². The summed E-state index contributed by atoms with van der Waals surface area (Å²) in [5, 5.41) is 0. The molecule has 1 fully saturated rings. The van der Waals surface area contributed by atoms with Crippen LogP contribution in [0, 0.1) is 5.92 Å². The maximum Gasteiger partial charge on any atom is 0.280 e. The molecule has 1 aromatic heterocycles. The Kier molecular flexibility index (Phi) is 7.32. The van der Waals surface area contributed by atoms with Gasteiger partial charge in [0, 0.05) is 36.3 Å². The van der Waals surface area contributed by atoms with Crippen molar-refractivity contribution in [2.45, 2.75) is 65.3 Å². The summed E-state index contributed by atoms with van der Waals surface area (Å²) in [4.78, 5) is 16.8. The van der Waals surface area contributed by atoms with E-state index in [1.165, 1.54) is 0 Å². The number of aliphatic imine (C=N–C) groups is 2. The topological polar surface area (TPSA) is 55.0 Å². The van der Waals surface area contributed by atoms with Gasteiger partial charge in [0.25, 0.3) is 6.43 Å². The van der Waals surface area contributed by atoms with Gasteiger partial charge >= 0.3 is 0 Å². The van der Waals surface area contributed by atoms with Gasteiger partial charge in [0.15, 0.2) is 0 Å². The fourth-order valence-corrected chi connectivity index (χ4v) is 5.39. The lowest BCUT2D eigenvalue weighted by molar-refractivity contribution is 0.0660. The predicted molar refractivity (Wildman–Crippen MR) is 139 cm³/mol. The number of alkyl halides is 2. The molecule has 0 aliphatic carbocycles. The number of hydrogen-bond acceptors (Lipinski definition) is 5. The minimum Gasteiger partial charge on any atom is -0.378 e. The van der Waals surface area contributed by atoms with Crippen LogP contribution in [0.3, 0.4) is 0 Å². The third-order valence-electron chi connectivity index (χ3n) is 7.68. The number of ether oxygens (including phenoxy) is 1. The van der Waals surface area contributed by atoms with Crippen molar-refractivity contribution in [1.29, 1.82) is 0 Å². The number of allylic oxidation sites excluding steroid dienone is 1. The lowest BCUT2D eigenvalue weighted by Gasteiger charge is -2.34. The van der Waals surface area contributed by atoms with E-state index in [0.717, 1.165) is 55.1 Å². The molecule has 5 rings (SSSR count). The van der Waals surface area contributed by atoms with Crippen LogP contribution in [0.25, 0.3) is 5.70 Å². The van der Waals surface area contributed by atoms with Gasteiger partial charge in [-0.15, -0.1) is 0 Å². The van der Waals surface area contributed by atoms with Gasteiger partial charge in [-0.25, -0.2) is 23.7 Å². The molecular formula is C28H35F2N5O. The Morgan fingerprint density at radius 1 is 1.08 bits per heavy atom. The summed E-state index contributed by atoms with van der Waals surface area (Å²) in [7, 11) is 0. The van der Waals surface area contributed by atoms with E-state index in [4.69, 9.17) is 14.7 Å². The van der Waals surface area contributed by atoms with Crippen molar-refractivity contribution in [2.24, 2.45) is 15.9 Å². The number of nitrogens with zero attached hydrogens (tertiary/aromatic N) is 5. The Bertz CT molecular complexity index is 1190. The van der Waals surface area contributed by atoms with Crippen LogP contribution < -0.4 is 0 Å². The van der Waals surface area contributed by atoms with E-state index in [0.29, 0.717) is 43.0 Å². The van der Waals surface area contributed by atoms with Gasteiger partial charge in [-0.05, 0) is 50.7 Å². The zero-order valence-corrected chi connectivity index (χ0v) is 21.4. The predicted octanol–water partition coefficient (Wildman–Crippen LogP) is 5.86. The summed E-state index contributed by atoms with van der Waals surface area (Å²) in [6.45, 7) is 9.31. The van der Waals surface area contributed by atoms with Crippen LogP contribution in [-0.4, -0.2) is 58.7 Å². The van der Waals surface area contributed by atoms with Crippen molar-refractivity contribution < 1.29 is 13.5 Å². The average Bonchev–Trinajstić information content (AvgIpc) is 3.20. The van der Waals surface area contributed by atoms with Crippen molar-refractivity contribution in [3.05, 3.63) is 53.1 Å². The summed E-state index contributed by atoms with van der Waals surface area (Å²) in [6, 6.07) is 7.85. The molecule has 0 saturated carbocycles. The van der Waals surface area contributed by atoms with Crippen LogP contribution in [0.1, 0.15) is 63.0 Å². The Balaban J connectivity index is 1.74. The number of amidine groups is 1. The third kappa shape index (κ3) is 4.75. The first kappa shape index (κ1) is 24.8. The molecule has 1 saturated heterocycles. The number of benzene rings is 1. The molecular weight excluding hydrogens is 460 g/mol. The van der Waals surface area contributed by atoms with Crippen LogP contribution in [0.5, 0.6) is 0 Å². The van der Waals surface area contributed by atoms with Gasteiger partial charge in [-0.3, -0.25) is 0 Å². The quantitative estimate of drug-likeness (QED) is 0.536. The molecule has 2 aromatic rings. The minimum absolute atomic E-state index is 0.182. The van der Waals surface area contributed by atoms with Crippen LogP contribution >= 0.6 is 0 Å². The molecule has 0 amide bonds. The lowest BCUT2D eigenvalue weighted by atomic mass is 9.94. The van der Waals surface area contributed by atoms with E-state index in [1.54, 1.807) is 0 Å². The standard InChI is InChI=1S/C28H35F2N5O/c1-4-19(3)35-17-31-26-23(35)12-9-18(2)28(34-13-15-36-16-14-34)33-24(26)21-11-10-20-7-5-6-8-22(20)32-25(21)27(29)30/h5-8,17-19,27H,4,9-16H2,1-3H3/b24-21-,33-28?. The summed E-state index contributed by atoms with van der Waals surface area (Å²) in [5.41, 5.74) is 4.29. The molecule has 8 heteroatoms. The zero-order chi connectivity index (χ0) is 25.2. The summed E-state index contributed by atoms with van der Waals surface area (Å²) < 4.78 is 37.0. The minimum atomic E-state index is -2.70. The Labute approximate surface area is 211 Å². The van der Waals surface area contributed by atoms with Gasteiger partial charge in [0.2, 0.25) is 0 Å². The van der Waals surface area contributed by atoms with E-state index in [-0.39, 0.29) is 17.7 Å². The summed E-state index contributed by atoms with van der Waals surface area (Å²) >= 11 is 0. The molecule has 6 nitrogen and oxygen atoms in total. The van der Waals surface area contributed by atoms with Gasteiger partial charge < -0.3 is 14.2 Å². The molecule has 192 valence electrons. The monoisotopic (exact) mass is 495 g/mol. The van der Waals surface area contributed by atoms with E-state index in [2.05, 4.69) is 35.2 Å². The van der Waals surface area contributed by atoms with Gasteiger partial charge in [-0.2, -0.15) is 0 Å². The fraction of sp³-hybridized carbons (Fsp3) is 0.536. The van der Waals surface area contributed by atoms with Crippen LogP contribution in [0.4, 0.5) is 14.5 Å². The highest BCUT2D eigenvalue weighted by Gasteiger charge is 2.32. The van der Waals surface area contributed by atoms with Crippen molar-refractivity contribution in [1.82, 2.24) is 14.5 Å². The van der Waals surface area contributed by atoms with E-state index >= 15 is 0 Å². The normalized spacial score (nSPS) is 23.7. The SMILES string of the molecule is CCC(C)n1cnc2c1CCC(C)C(N1CCOCC1)=N/C2=C1/CCc2ccccc2N=C1C(F)F. The number of morpholine rings is 1. The fourth-order valence-electron chi connectivity index (χ4n) is 5.39. The second-order valence-electron chi connectivity index (χ2n) is 9.97. The second-order valence-corrected chi connectivity index (χ2v) is 9.97. The number of aryl methyl sites for hydroxylation is 1. The smallest absolute Gasteiger partial charge is 0.280 e. The highest BCUT2D eigenvalue weighted by molar-refractivity contribution is 6.10. The van der Waals surface area contributed by atoms with Crippen molar-refractivity contribution in [3.63, 3.8) is 0 Å². The van der Waals surface area contributed by atoms with Gasteiger partial charge in [-0.1, -0.05) is 32.0 Å². The van der Waals surface area contributed by atoms with Crippen LogP contribution in [0.15, 0.2) is 46.2 Å². The van der Waals surface area contributed by atoms with E-state index in [9.17, 15) is 8.78 Å². The highest BCUT2D eigenvalue weighted by Crippen LogP contribution is 2.37. The van der Waals surface area contributed by atoms with Crippen molar-refractivity contribution in [2.75, 3.05) is 26.3 Å². The number of rotatable bonds is 3. The molecule has 2 unspecified atom stereocenters. The molecule has 0 spiro atoms. The van der Waals surface area contributed by atoms with Crippen molar-refractivity contribution >= 4 is 22.9 Å². The largest absolute Gasteiger partial charge is 0.378 e. The Hall–Kier alpha value is -2.87. The Morgan fingerprint density at radius 2 is 1.86 bits per heavy atom. The molecule has 2 atom stereocenters. The summed E-state index contributed by atoms with van der Waals surface area (Å²) in [5.74, 6) is 1.13. The van der Waals surface area contributed by atoms with Crippen LogP contribution in [-0.2, 0) is 17.6 Å². The third-order valence-corrected chi connectivity index (χ3v) is 7.68. The first-order valence-corrected chi connectivity index (χ1v) is 13.1. The van der Waals surface area contributed by atoms with E-state index < -0.39 is 6.43 Å². The number of fused-ring (bicyclic) bond motifs is 2. The Morgan fingerprint density at radius 3 is 2.61 bits per heavy atom. The molecule has 3 aliphatic rings. The number of halogens is 2. The molecule has 0 N–H and O–H groups in total. The number of hydrogen-bond donors (Lipinski definition) is 0. The first-order chi connectivity index (χ1) is 17.5. The first-order valence-electron chi connectivity index (χ1n) is 13.1. The number of para-hydroxylation sites is 1. The molecule has 4 heterocycles. The molecule has 1 aromatic carbocycles. The maximum absolute atomic E-state index is 14.6. The van der Waals surface area contributed by atoms with Crippen LogP contribution in [0.2, 0.25) is 0 Å². The molecule has 0 bridgehead atoms. The number of aromatic nitrogens is 2. The maximum atomic E-state index is 14.6. The lowest BCUT2D eigenvalue weighted by Crippen LogP contribution is -2.43.